The van der Waals surface area contributed by atoms with E-state index >= 15 is 0 Å². The predicted octanol–water partition coefficient (Wildman–Crippen LogP) is 5.69. The molecule has 0 aliphatic carbocycles. The first kappa shape index (κ1) is 29.6. The van der Waals surface area contributed by atoms with Crippen LogP contribution in [0.2, 0.25) is 0 Å². The molecule has 0 radical (unpaired) electrons. The summed E-state index contributed by atoms with van der Waals surface area (Å²) in [5.41, 5.74) is 5.48. The molecule has 0 saturated carbocycles. The molecule has 5 heteroatoms. The minimum absolute atomic E-state index is 0.111. The van der Waals surface area contributed by atoms with Gasteiger partial charge in [0, 0.05) is 6.42 Å². The lowest BCUT2D eigenvalue weighted by molar-refractivity contribution is -0.145. The second-order valence-corrected chi connectivity index (χ2v) is 7.53. The lowest BCUT2D eigenvalue weighted by Crippen LogP contribution is -2.41. The number of hydrogen-bond donors (Lipinski definition) is 2. The van der Waals surface area contributed by atoms with Crippen molar-refractivity contribution in [2.45, 2.75) is 83.6 Å². The third kappa shape index (κ3) is 19.6. The average Bonchev–Trinajstić information content (AvgIpc) is 2.80. The van der Waals surface area contributed by atoms with Gasteiger partial charge in [-0.05, 0) is 70.8 Å². The van der Waals surface area contributed by atoms with Crippen LogP contribution in [0.1, 0.15) is 77.6 Å². The fourth-order valence-corrected chi connectivity index (χ4v) is 2.90. The number of nitrogens with one attached hydrogen (secondary N) is 1. The van der Waals surface area contributed by atoms with Crippen LogP contribution < -0.4 is 11.1 Å². The summed E-state index contributed by atoms with van der Waals surface area (Å²) in [5, 5.41) is 2.78. The number of ether oxygens (including phenoxy) is 1. The molecule has 0 aromatic rings. The second-order valence-electron chi connectivity index (χ2n) is 7.53. The quantitative estimate of drug-likeness (QED) is 0.152. The van der Waals surface area contributed by atoms with Gasteiger partial charge in [-0.15, -0.1) is 0 Å². The number of allylic oxidation sites excluding steroid dienone is 10. The highest BCUT2D eigenvalue weighted by atomic mass is 16.5. The Kier molecular flexibility index (Phi) is 21.5. The third-order valence-corrected chi connectivity index (χ3v) is 4.70. The van der Waals surface area contributed by atoms with Crippen molar-refractivity contribution in [2.75, 3.05) is 13.7 Å². The summed E-state index contributed by atoms with van der Waals surface area (Å²) in [7, 11) is 1.34. The zero-order valence-electron chi connectivity index (χ0n) is 20.1. The smallest absolute Gasteiger partial charge is 0.328 e. The van der Waals surface area contributed by atoms with Crippen molar-refractivity contribution in [3.63, 3.8) is 0 Å². The van der Waals surface area contributed by atoms with Crippen molar-refractivity contribution in [1.82, 2.24) is 5.32 Å². The number of hydrogen-bond acceptors (Lipinski definition) is 4. The number of unbranched alkanes of at least 4 members (excludes halogenated alkanes) is 2. The molecule has 1 amide bonds. The van der Waals surface area contributed by atoms with Crippen LogP contribution in [-0.4, -0.2) is 31.6 Å². The summed E-state index contributed by atoms with van der Waals surface area (Å²) in [6, 6.07) is -0.576. The molecule has 0 saturated heterocycles. The van der Waals surface area contributed by atoms with Gasteiger partial charge in [0.1, 0.15) is 6.04 Å². The number of nitrogens with two attached hydrogens (primary N) is 1. The van der Waals surface area contributed by atoms with Crippen LogP contribution in [-0.2, 0) is 14.3 Å². The van der Waals surface area contributed by atoms with Crippen molar-refractivity contribution >= 4 is 11.9 Å². The highest BCUT2D eigenvalue weighted by Gasteiger charge is 2.20. The standard InChI is InChI=1S/C27H44N2O3/c1-3-4-5-6-7-8-9-10-11-12-13-14-15-16-17-18-19-23-26(30)29-25(27(31)32-2)22-20-21-24-28/h4-5,7-8,10-11,13-14,16-17,25H,3,6,9,12,15,18-24,28H2,1-2H3,(H,29,30)/t25-/m0/s1. The Labute approximate surface area is 195 Å². The molecule has 0 spiro atoms. The Bertz CT molecular complexity index is 618. The monoisotopic (exact) mass is 444 g/mol. The van der Waals surface area contributed by atoms with Crippen molar-refractivity contribution < 1.29 is 14.3 Å². The summed E-state index contributed by atoms with van der Waals surface area (Å²) in [5.74, 6) is -0.506. The van der Waals surface area contributed by atoms with E-state index in [2.05, 4.69) is 73.0 Å². The molecule has 0 rings (SSSR count). The van der Waals surface area contributed by atoms with E-state index in [0.717, 1.165) is 57.8 Å². The van der Waals surface area contributed by atoms with Gasteiger partial charge >= 0.3 is 5.97 Å². The van der Waals surface area contributed by atoms with Crippen LogP contribution in [0.15, 0.2) is 60.8 Å². The maximum absolute atomic E-state index is 12.1. The highest BCUT2D eigenvalue weighted by molar-refractivity contribution is 5.84. The minimum Gasteiger partial charge on any atom is -0.467 e. The molecule has 32 heavy (non-hydrogen) atoms. The topological polar surface area (TPSA) is 81.4 Å². The fourth-order valence-electron chi connectivity index (χ4n) is 2.90. The first-order valence-corrected chi connectivity index (χ1v) is 12.0. The maximum atomic E-state index is 12.1. The Morgan fingerprint density at radius 3 is 1.84 bits per heavy atom. The number of methoxy groups -OCH3 is 1. The molecular formula is C27H44N2O3. The third-order valence-electron chi connectivity index (χ3n) is 4.70. The SMILES string of the molecule is CCC=CCC=CCC=CCC=CCC=CCCCC(=O)N[C@@H](CCCCN)C(=O)OC. The van der Waals surface area contributed by atoms with Crippen molar-refractivity contribution in [3.05, 3.63) is 60.8 Å². The van der Waals surface area contributed by atoms with E-state index in [-0.39, 0.29) is 5.91 Å². The van der Waals surface area contributed by atoms with E-state index in [9.17, 15) is 9.59 Å². The van der Waals surface area contributed by atoms with Gasteiger partial charge in [0.2, 0.25) is 5.91 Å². The second kappa shape index (κ2) is 23.3. The first-order chi connectivity index (χ1) is 15.7. The van der Waals surface area contributed by atoms with Crippen LogP contribution in [0.3, 0.4) is 0 Å². The van der Waals surface area contributed by atoms with E-state index < -0.39 is 12.0 Å². The van der Waals surface area contributed by atoms with E-state index in [4.69, 9.17) is 10.5 Å². The van der Waals surface area contributed by atoms with Gasteiger partial charge in [-0.2, -0.15) is 0 Å². The Hall–Kier alpha value is -2.40. The largest absolute Gasteiger partial charge is 0.467 e. The van der Waals surface area contributed by atoms with Crippen LogP contribution in [0, 0.1) is 0 Å². The average molecular weight is 445 g/mol. The van der Waals surface area contributed by atoms with E-state index in [1.807, 2.05) is 0 Å². The fraction of sp³-hybridized carbons (Fsp3) is 0.556. The number of amides is 1. The van der Waals surface area contributed by atoms with Gasteiger partial charge in [0.25, 0.3) is 0 Å². The molecule has 0 heterocycles. The minimum atomic E-state index is -0.576. The van der Waals surface area contributed by atoms with Crippen molar-refractivity contribution in [3.8, 4) is 0 Å². The first-order valence-electron chi connectivity index (χ1n) is 12.0. The molecule has 1 atom stereocenters. The highest BCUT2D eigenvalue weighted by Crippen LogP contribution is 2.05. The number of carbonyl (C=O) groups excluding carboxylic acids is 2. The number of esters is 1. The molecule has 3 N–H and O–H groups in total. The number of rotatable bonds is 19. The summed E-state index contributed by atoms with van der Waals surface area (Å²) >= 11 is 0. The van der Waals surface area contributed by atoms with Gasteiger partial charge in [0.05, 0.1) is 7.11 Å². The summed E-state index contributed by atoms with van der Waals surface area (Å²) in [4.78, 5) is 23.9. The maximum Gasteiger partial charge on any atom is 0.328 e. The van der Waals surface area contributed by atoms with Crippen LogP contribution >= 0.6 is 0 Å². The molecule has 180 valence electrons. The van der Waals surface area contributed by atoms with Gasteiger partial charge < -0.3 is 15.8 Å². The number of carbonyl (C=O) groups is 2. The van der Waals surface area contributed by atoms with Crippen LogP contribution in [0.4, 0.5) is 0 Å². The molecule has 0 fully saturated rings. The van der Waals surface area contributed by atoms with E-state index in [1.54, 1.807) is 0 Å². The molecule has 0 aromatic heterocycles. The van der Waals surface area contributed by atoms with E-state index in [1.165, 1.54) is 7.11 Å². The molecule has 0 aliphatic heterocycles. The van der Waals surface area contributed by atoms with Crippen LogP contribution in [0.25, 0.3) is 0 Å². The normalized spacial score (nSPS) is 13.2. The summed E-state index contributed by atoms with van der Waals surface area (Å²) < 4.78 is 4.77. The zero-order valence-corrected chi connectivity index (χ0v) is 20.1. The Balaban J connectivity index is 3.84. The summed E-state index contributed by atoms with van der Waals surface area (Å²) in [6.07, 6.45) is 30.8. The molecular weight excluding hydrogens is 400 g/mol. The van der Waals surface area contributed by atoms with Crippen LogP contribution in [0.5, 0.6) is 0 Å². The van der Waals surface area contributed by atoms with Gasteiger partial charge in [-0.25, -0.2) is 4.79 Å². The van der Waals surface area contributed by atoms with Gasteiger partial charge in [0.15, 0.2) is 0 Å². The molecule has 0 bridgehead atoms. The molecule has 5 nitrogen and oxygen atoms in total. The van der Waals surface area contributed by atoms with Gasteiger partial charge in [-0.1, -0.05) is 67.7 Å². The van der Waals surface area contributed by atoms with Crippen molar-refractivity contribution in [1.29, 1.82) is 0 Å². The summed E-state index contributed by atoms with van der Waals surface area (Å²) in [6.45, 7) is 2.72. The molecule has 0 aromatic carbocycles. The van der Waals surface area contributed by atoms with Gasteiger partial charge in [-0.3, -0.25) is 4.79 Å². The Morgan fingerprint density at radius 2 is 1.34 bits per heavy atom. The zero-order chi connectivity index (χ0) is 23.7. The predicted molar refractivity (Wildman–Crippen MR) is 135 cm³/mol. The molecule has 0 unspecified atom stereocenters. The lowest BCUT2D eigenvalue weighted by Gasteiger charge is -2.16. The Morgan fingerprint density at radius 1 is 0.812 bits per heavy atom. The molecule has 0 aliphatic rings. The van der Waals surface area contributed by atoms with E-state index in [0.29, 0.717) is 19.4 Å². The van der Waals surface area contributed by atoms with Crippen molar-refractivity contribution in [2.24, 2.45) is 5.73 Å². The lowest BCUT2D eigenvalue weighted by atomic mass is 10.1.